The summed E-state index contributed by atoms with van der Waals surface area (Å²) in [4.78, 5) is 15.8. The number of anilines is 6. The minimum atomic E-state index is 0.0391. The predicted octanol–water partition coefficient (Wildman–Crippen LogP) is 10.2. The number of nitrogens with zero attached hydrogens (tertiary/aromatic N) is 4. The van der Waals surface area contributed by atoms with E-state index in [-0.39, 0.29) is 6.71 Å². The fraction of sp³-hybridized carbons (Fsp3) is 0.102. The lowest BCUT2D eigenvalue weighted by atomic mass is 9.33. The van der Waals surface area contributed by atoms with Crippen molar-refractivity contribution in [3.8, 4) is 0 Å². The van der Waals surface area contributed by atoms with Gasteiger partial charge in [0.1, 0.15) is 0 Å². The van der Waals surface area contributed by atoms with Crippen molar-refractivity contribution in [3.63, 3.8) is 0 Å². The summed E-state index contributed by atoms with van der Waals surface area (Å²) in [5, 5.41) is 0. The van der Waals surface area contributed by atoms with Gasteiger partial charge < -0.3 is 9.80 Å². The van der Waals surface area contributed by atoms with Crippen LogP contribution in [0.15, 0.2) is 197 Å². The zero-order valence-electron chi connectivity index (χ0n) is 30.3. The van der Waals surface area contributed by atoms with Crippen LogP contribution >= 0.6 is 0 Å². The molecule has 0 fully saturated rings. The first-order valence-electron chi connectivity index (χ1n) is 19.1. The first kappa shape index (κ1) is 32.2. The van der Waals surface area contributed by atoms with E-state index in [1.807, 2.05) is 0 Å². The Kier molecular flexibility index (Phi) is 8.06. The van der Waals surface area contributed by atoms with Crippen LogP contribution in [0.5, 0.6) is 0 Å². The number of rotatable bonds is 5. The van der Waals surface area contributed by atoms with E-state index in [4.69, 9.17) is 9.98 Å². The van der Waals surface area contributed by atoms with Crippen molar-refractivity contribution in [1.82, 2.24) is 0 Å². The zero-order chi connectivity index (χ0) is 36.0. The Balaban J connectivity index is 1.21. The standard InChI is InChI=1S/C49H39BN4/c1-34-17-13-20-36(33-34)42-28-15-29-43(52-49(51-42)35-18-5-2-6-19-35)39-25-14-27-41-48(39)54(38-23-9-4-10-24-38)46-32-16-31-45-47(46)50(41)40-26-11-12-30-44(40)53(45)37-21-7-3-8-22-37/h2-14,16,18-28,30-34H,15,17,29H2,1H3. The predicted molar refractivity (Wildman–Crippen MR) is 228 cm³/mol. The maximum absolute atomic E-state index is 5.55. The van der Waals surface area contributed by atoms with Gasteiger partial charge in [0.2, 0.25) is 0 Å². The monoisotopic (exact) mass is 694 g/mol. The molecule has 0 spiro atoms. The van der Waals surface area contributed by atoms with E-state index in [0.717, 1.165) is 59.0 Å². The summed E-state index contributed by atoms with van der Waals surface area (Å²) in [5.41, 5.74) is 16.3. The van der Waals surface area contributed by atoms with Gasteiger partial charge in [0, 0.05) is 39.6 Å². The van der Waals surface area contributed by atoms with Gasteiger partial charge >= 0.3 is 0 Å². The molecule has 10 rings (SSSR count). The summed E-state index contributed by atoms with van der Waals surface area (Å²) in [5.74, 6) is 1.23. The lowest BCUT2D eigenvalue weighted by molar-refractivity contribution is 0.730. The Bertz CT molecular complexity index is 2550. The first-order chi connectivity index (χ1) is 26.7. The minimum absolute atomic E-state index is 0.0391. The molecule has 3 aliphatic heterocycles. The molecule has 1 atom stereocenters. The van der Waals surface area contributed by atoms with Gasteiger partial charge in [0.05, 0.1) is 17.1 Å². The summed E-state index contributed by atoms with van der Waals surface area (Å²) in [7, 11) is 0. The molecule has 4 nitrogen and oxygen atoms in total. The van der Waals surface area contributed by atoms with Crippen LogP contribution in [0.3, 0.4) is 0 Å². The maximum atomic E-state index is 5.55. The van der Waals surface area contributed by atoms with Crippen molar-refractivity contribution in [3.05, 3.63) is 198 Å². The van der Waals surface area contributed by atoms with Gasteiger partial charge in [0.25, 0.3) is 6.71 Å². The molecule has 6 aromatic rings. The number of amidine groups is 1. The fourth-order valence-electron chi connectivity index (χ4n) is 8.69. The van der Waals surface area contributed by atoms with Crippen LogP contribution in [0.1, 0.15) is 37.3 Å². The number of fused-ring (bicyclic) bond motifs is 4. The van der Waals surface area contributed by atoms with Gasteiger partial charge in [-0.15, -0.1) is 0 Å². The van der Waals surface area contributed by atoms with E-state index in [1.165, 1.54) is 44.7 Å². The van der Waals surface area contributed by atoms with Gasteiger partial charge in [-0.1, -0.05) is 140 Å². The van der Waals surface area contributed by atoms with Crippen LogP contribution in [0.25, 0.3) is 0 Å². The number of hydrogen-bond acceptors (Lipinski definition) is 4. The summed E-state index contributed by atoms with van der Waals surface area (Å²) < 4.78 is 0. The van der Waals surface area contributed by atoms with E-state index in [1.54, 1.807) is 0 Å². The largest absolute Gasteiger partial charge is 0.311 e. The van der Waals surface area contributed by atoms with E-state index in [2.05, 4.69) is 193 Å². The van der Waals surface area contributed by atoms with E-state index >= 15 is 0 Å². The summed E-state index contributed by atoms with van der Waals surface area (Å²) in [6.45, 7) is 2.31. The third-order valence-corrected chi connectivity index (χ3v) is 11.0. The van der Waals surface area contributed by atoms with Crippen molar-refractivity contribution in [2.24, 2.45) is 15.9 Å². The van der Waals surface area contributed by atoms with Gasteiger partial charge in [-0.2, -0.15) is 0 Å². The highest BCUT2D eigenvalue weighted by atomic mass is 15.2. The number of hydrogen-bond donors (Lipinski definition) is 0. The van der Waals surface area contributed by atoms with E-state index < -0.39 is 0 Å². The Morgan fingerprint density at radius 3 is 2.00 bits per heavy atom. The molecule has 54 heavy (non-hydrogen) atoms. The van der Waals surface area contributed by atoms with Crippen LogP contribution in [0.2, 0.25) is 0 Å². The molecular formula is C49H39BN4. The average molecular weight is 695 g/mol. The van der Waals surface area contributed by atoms with Gasteiger partial charge in [-0.25, -0.2) is 9.98 Å². The number of aliphatic imine (C=N–C) groups is 2. The molecule has 0 saturated heterocycles. The smallest absolute Gasteiger partial charge is 0.252 e. The highest BCUT2D eigenvalue weighted by Gasteiger charge is 2.44. The molecule has 0 bridgehead atoms. The van der Waals surface area contributed by atoms with Gasteiger partial charge in [-0.3, -0.25) is 0 Å². The normalized spacial score (nSPS) is 17.2. The van der Waals surface area contributed by atoms with E-state index in [0.29, 0.717) is 5.92 Å². The van der Waals surface area contributed by atoms with Gasteiger partial charge in [0.15, 0.2) is 5.84 Å². The summed E-state index contributed by atoms with van der Waals surface area (Å²) in [6, 6.07) is 54.6. The van der Waals surface area contributed by atoms with Crippen LogP contribution < -0.4 is 26.2 Å². The molecule has 0 radical (unpaired) electrons. The number of para-hydroxylation sites is 4. The van der Waals surface area contributed by atoms with Crippen LogP contribution in [0.4, 0.5) is 34.1 Å². The van der Waals surface area contributed by atoms with E-state index in [9.17, 15) is 0 Å². The van der Waals surface area contributed by atoms with Crippen molar-refractivity contribution < 1.29 is 0 Å². The van der Waals surface area contributed by atoms with Crippen LogP contribution in [-0.2, 0) is 0 Å². The topological polar surface area (TPSA) is 31.2 Å². The molecule has 6 aromatic carbocycles. The second-order valence-electron chi connectivity index (χ2n) is 14.5. The molecule has 0 saturated carbocycles. The first-order valence-corrected chi connectivity index (χ1v) is 19.1. The van der Waals surface area contributed by atoms with Crippen LogP contribution in [-0.4, -0.2) is 18.3 Å². The van der Waals surface area contributed by atoms with Crippen molar-refractivity contribution in [1.29, 1.82) is 0 Å². The van der Waals surface area contributed by atoms with Crippen LogP contribution in [0, 0.1) is 5.92 Å². The molecule has 0 N–H and O–H groups in total. The van der Waals surface area contributed by atoms with Crippen molar-refractivity contribution in [2.45, 2.75) is 26.2 Å². The Labute approximate surface area is 318 Å². The maximum Gasteiger partial charge on any atom is 0.252 e. The molecule has 4 aliphatic rings. The molecule has 1 aliphatic carbocycles. The summed E-state index contributed by atoms with van der Waals surface area (Å²) in [6.07, 6.45) is 11.8. The quantitative estimate of drug-likeness (QED) is 0.168. The Morgan fingerprint density at radius 1 is 0.611 bits per heavy atom. The Hall–Kier alpha value is -6.46. The minimum Gasteiger partial charge on any atom is -0.311 e. The highest BCUT2D eigenvalue weighted by molar-refractivity contribution is 7.00. The molecule has 5 heteroatoms. The summed E-state index contributed by atoms with van der Waals surface area (Å²) >= 11 is 0. The third kappa shape index (κ3) is 5.47. The Morgan fingerprint density at radius 2 is 1.24 bits per heavy atom. The SMILES string of the molecule is CC1C=C(C2=CCCC(c3cccc4c3N(c3ccccc3)c3cccc5c3B4c3ccccc3N5c3ccccc3)=NC(c3ccccc3)=N2)C=CC1. The molecular weight excluding hydrogens is 655 g/mol. The molecule has 1 unspecified atom stereocenters. The molecule has 258 valence electrons. The lowest BCUT2D eigenvalue weighted by Crippen LogP contribution is -2.61. The number of benzene rings is 6. The molecule has 0 aromatic heterocycles. The lowest BCUT2D eigenvalue weighted by Gasteiger charge is -2.44. The average Bonchev–Trinajstić information content (AvgIpc) is 3.22. The fourth-order valence-corrected chi connectivity index (χ4v) is 8.69. The number of allylic oxidation sites excluding steroid dienone is 4. The highest BCUT2D eigenvalue weighted by Crippen LogP contribution is 2.45. The van der Waals surface area contributed by atoms with Crippen molar-refractivity contribution in [2.75, 3.05) is 9.80 Å². The molecule has 3 heterocycles. The second kappa shape index (κ2) is 13.5. The van der Waals surface area contributed by atoms with Gasteiger partial charge in [-0.05, 0) is 89.6 Å². The zero-order valence-corrected chi connectivity index (χ0v) is 30.3. The van der Waals surface area contributed by atoms with Crippen molar-refractivity contribution >= 4 is 68.8 Å². The second-order valence-corrected chi connectivity index (χ2v) is 14.5. The molecule has 0 amide bonds. The third-order valence-electron chi connectivity index (χ3n) is 11.0.